The van der Waals surface area contributed by atoms with Gasteiger partial charge in [0.15, 0.2) is 11.5 Å². The number of aromatic nitrogens is 1. The number of fused-ring (bicyclic) bond motifs is 1. The van der Waals surface area contributed by atoms with Crippen LogP contribution in [0.15, 0.2) is 41.9 Å². The lowest BCUT2D eigenvalue weighted by molar-refractivity contribution is -0.120. The molecule has 1 heterocycles. The predicted molar refractivity (Wildman–Crippen MR) is 126 cm³/mol. The van der Waals surface area contributed by atoms with Crippen LogP contribution in [-0.2, 0) is 22.8 Å². The lowest BCUT2D eigenvalue weighted by Gasteiger charge is -2.25. The molecule has 0 fully saturated rings. The van der Waals surface area contributed by atoms with E-state index in [-0.39, 0.29) is 25.1 Å². The molecule has 13 heteroatoms. The van der Waals surface area contributed by atoms with E-state index in [1.807, 2.05) is 6.07 Å². The van der Waals surface area contributed by atoms with E-state index in [0.29, 0.717) is 17.3 Å². The summed E-state index contributed by atoms with van der Waals surface area (Å²) in [6.07, 6.45) is -0.219. The van der Waals surface area contributed by atoms with E-state index < -0.39 is 41.2 Å². The van der Waals surface area contributed by atoms with E-state index >= 15 is 0 Å². The summed E-state index contributed by atoms with van der Waals surface area (Å²) in [6.45, 7) is -0.231. The van der Waals surface area contributed by atoms with Gasteiger partial charge in [0.25, 0.3) is 0 Å². The average molecular weight is 512 g/mol. The molecule has 0 aliphatic rings. The third kappa shape index (κ3) is 6.61. The van der Waals surface area contributed by atoms with Crippen molar-refractivity contribution in [1.82, 2.24) is 19.3 Å². The Morgan fingerprint density at radius 2 is 1.91 bits per heavy atom. The summed E-state index contributed by atoms with van der Waals surface area (Å²) in [5.41, 5.74) is 3.03. The molecule has 0 saturated carbocycles. The molecule has 2 atom stereocenters. The summed E-state index contributed by atoms with van der Waals surface area (Å²) in [4.78, 5) is 31.3. The number of urea groups is 1. The third-order valence-electron chi connectivity index (χ3n) is 4.88. The number of hydrogen-bond donors (Lipinski definition) is 3. The van der Waals surface area contributed by atoms with E-state index in [1.54, 1.807) is 17.6 Å². The molecule has 0 bridgehead atoms. The van der Waals surface area contributed by atoms with Crippen LogP contribution in [0.1, 0.15) is 5.56 Å². The molecule has 3 rings (SSSR count). The van der Waals surface area contributed by atoms with Crippen LogP contribution in [0.5, 0.6) is 0 Å². The highest BCUT2D eigenvalue weighted by Crippen LogP contribution is 2.24. The van der Waals surface area contributed by atoms with E-state index in [1.165, 1.54) is 34.6 Å². The van der Waals surface area contributed by atoms with Gasteiger partial charge < -0.3 is 19.9 Å². The molecule has 0 radical (unpaired) electrons. The lowest BCUT2D eigenvalue weighted by Crippen LogP contribution is -2.54. The van der Waals surface area contributed by atoms with Crippen LogP contribution in [0.4, 0.5) is 19.3 Å². The minimum absolute atomic E-state index is 0.0413. The zero-order chi connectivity index (χ0) is 24.8. The SMILES string of the molecule is CN(C(=O)[C@H](Cc1cc(F)cc(F)c1)NC(=O)N[S+]([O-])N(C)CCO)c1ccc2scnc2c1. The molecule has 0 aliphatic heterocycles. The number of anilines is 1. The van der Waals surface area contributed by atoms with Crippen LogP contribution in [0, 0.1) is 11.6 Å². The van der Waals surface area contributed by atoms with E-state index in [9.17, 15) is 22.9 Å². The second-order valence-corrected chi connectivity index (χ2v) is 9.55. The molecule has 2 aromatic carbocycles. The molecule has 1 aromatic heterocycles. The fourth-order valence-electron chi connectivity index (χ4n) is 3.15. The summed E-state index contributed by atoms with van der Waals surface area (Å²) in [5.74, 6) is -2.21. The van der Waals surface area contributed by atoms with Gasteiger partial charge in [-0.2, -0.15) is 0 Å². The van der Waals surface area contributed by atoms with Crippen molar-refractivity contribution in [2.75, 3.05) is 32.1 Å². The van der Waals surface area contributed by atoms with E-state index in [0.717, 1.165) is 16.8 Å². The van der Waals surface area contributed by atoms with Gasteiger partial charge in [0.2, 0.25) is 5.91 Å². The van der Waals surface area contributed by atoms with Gasteiger partial charge in [-0.3, -0.25) is 4.79 Å². The van der Waals surface area contributed by atoms with E-state index in [4.69, 9.17) is 5.11 Å². The molecule has 9 nitrogen and oxygen atoms in total. The Labute approximate surface area is 201 Å². The smallest absolute Gasteiger partial charge is 0.358 e. The Morgan fingerprint density at radius 1 is 1.21 bits per heavy atom. The Morgan fingerprint density at radius 3 is 2.59 bits per heavy atom. The maximum Gasteiger partial charge on any atom is 0.358 e. The van der Waals surface area contributed by atoms with Crippen LogP contribution >= 0.6 is 11.3 Å². The van der Waals surface area contributed by atoms with Crippen molar-refractivity contribution < 1.29 is 28.0 Å². The number of amides is 3. The van der Waals surface area contributed by atoms with Crippen molar-refractivity contribution in [1.29, 1.82) is 0 Å². The Kier molecular flexibility index (Phi) is 8.74. The first kappa shape index (κ1) is 25.8. The Balaban J connectivity index is 1.81. The zero-order valence-corrected chi connectivity index (χ0v) is 20.0. The monoisotopic (exact) mass is 511 g/mol. The number of aliphatic hydroxyl groups is 1. The summed E-state index contributed by atoms with van der Waals surface area (Å²) in [7, 11) is 2.93. The van der Waals surface area contributed by atoms with Crippen LogP contribution < -0.4 is 14.9 Å². The molecular formula is C21H23F2N5O4S2. The number of carbonyl (C=O) groups excluding carboxylic acids is 2. The summed E-state index contributed by atoms with van der Waals surface area (Å²) in [5, 5.41) is 11.4. The van der Waals surface area contributed by atoms with Crippen molar-refractivity contribution in [3.63, 3.8) is 0 Å². The first-order chi connectivity index (χ1) is 16.2. The van der Waals surface area contributed by atoms with Gasteiger partial charge in [-0.1, -0.05) is 0 Å². The molecule has 3 aromatic rings. The summed E-state index contributed by atoms with van der Waals surface area (Å²) < 4.78 is 43.9. The molecule has 0 saturated heterocycles. The van der Waals surface area contributed by atoms with Gasteiger partial charge in [-0.15, -0.1) is 20.4 Å². The van der Waals surface area contributed by atoms with Gasteiger partial charge in [0, 0.05) is 32.3 Å². The first-order valence-corrected chi connectivity index (χ1v) is 12.0. The van der Waals surface area contributed by atoms with Gasteiger partial charge >= 0.3 is 6.03 Å². The fraction of sp³-hybridized carbons (Fsp3) is 0.286. The number of aliphatic hydroxyl groups excluding tert-OH is 1. The molecule has 0 aliphatic carbocycles. The maximum absolute atomic E-state index is 13.7. The first-order valence-electron chi connectivity index (χ1n) is 10.0. The van der Waals surface area contributed by atoms with Crippen LogP contribution in [0.25, 0.3) is 10.2 Å². The highest BCUT2D eigenvalue weighted by atomic mass is 32.2. The molecule has 1 unspecified atom stereocenters. The van der Waals surface area contributed by atoms with Gasteiger partial charge in [-0.25, -0.2) is 18.6 Å². The van der Waals surface area contributed by atoms with Gasteiger partial charge in [0.05, 0.1) is 28.9 Å². The number of benzene rings is 2. The van der Waals surface area contributed by atoms with Crippen molar-refractivity contribution in [3.05, 3.63) is 59.1 Å². The minimum Gasteiger partial charge on any atom is -0.573 e. The molecular weight excluding hydrogens is 488 g/mol. The largest absolute Gasteiger partial charge is 0.573 e. The molecule has 0 spiro atoms. The van der Waals surface area contributed by atoms with Gasteiger partial charge in [0.1, 0.15) is 17.7 Å². The van der Waals surface area contributed by atoms with Gasteiger partial charge in [-0.05, 0) is 35.9 Å². The topological polar surface area (TPSA) is 121 Å². The summed E-state index contributed by atoms with van der Waals surface area (Å²) in [6, 6.07) is 5.91. The number of hydrogen-bond acceptors (Lipinski definition) is 7. The number of nitrogens with zero attached hydrogens (tertiary/aromatic N) is 3. The number of nitrogens with one attached hydrogen (secondary N) is 2. The molecule has 182 valence electrons. The van der Waals surface area contributed by atoms with Crippen molar-refractivity contribution in [2.45, 2.75) is 12.5 Å². The maximum atomic E-state index is 13.7. The van der Waals surface area contributed by atoms with Crippen LogP contribution in [-0.4, -0.2) is 64.2 Å². The highest BCUT2D eigenvalue weighted by Gasteiger charge is 2.28. The predicted octanol–water partition coefficient (Wildman–Crippen LogP) is 1.95. The van der Waals surface area contributed by atoms with Crippen molar-refractivity contribution in [2.24, 2.45) is 0 Å². The van der Waals surface area contributed by atoms with Crippen molar-refractivity contribution >= 4 is 50.7 Å². The lowest BCUT2D eigenvalue weighted by atomic mass is 10.0. The second kappa shape index (κ2) is 11.5. The number of halogens is 2. The molecule has 3 N–H and O–H groups in total. The Bertz CT molecular complexity index is 1140. The number of rotatable bonds is 9. The second-order valence-electron chi connectivity index (χ2n) is 7.34. The number of carbonyl (C=O) groups is 2. The molecule has 3 amide bonds. The number of thiazole rings is 1. The quantitative estimate of drug-likeness (QED) is 0.378. The molecule has 34 heavy (non-hydrogen) atoms. The minimum atomic E-state index is -1.98. The van der Waals surface area contributed by atoms with Crippen LogP contribution in [0.2, 0.25) is 0 Å². The zero-order valence-electron chi connectivity index (χ0n) is 18.3. The fourth-order valence-corrected chi connectivity index (χ4v) is 4.43. The van der Waals surface area contributed by atoms with E-state index in [2.05, 4.69) is 15.0 Å². The standard InChI is InChI=1S/C21H23F2N5O4S2/c1-27(5-6-29)34(32)26-21(31)25-18(9-13-7-14(22)10-15(23)8-13)20(30)28(2)16-3-4-19-17(11-16)24-12-33-19/h3-4,7-8,10-12,18,29H,5-6,9H2,1-2H3,(H2,25,26,31)/t18-,34?/m0/s1. The number of likely N-dealkylation sites (N-methyl/N-ethyl adjacent to an activating group) is 2. The van der Waals surface area contributed by atoms with Crippen LogP contribution in [0.3, 0.4) is 0 Å². The Hall–Kier alpha value is -2.84. The third-order valence-corrected chi connectivity index (χ3v) is 6.79. The summed E-state index contributed by atoms with van der Waals surface area (Å²) >= 11 is -0.529. The highest BCUT2D eigenvalue weighted by molar-refractivity contribution is 7.87. The van der Waals surface area contributed by atoms with Crippen molar-refractivity contribution in [3.8, 4) is 0 Å². The average Bonchev–Trinajstić information content (AvgIpc) is 3.25. The normalized spacial score (nSPS) is 13.0.